The molecule has 0 bridgehead atoms. The van der Waals surface area contributed by atoms with Crippen LogP contribution in [-0.2, 0) is 4.74 Å². The van der Waals surface area contributed by atoms with Crippen LogP contribution in [0.5, 0.6) is 0 Å². The van der Waals surface area contributed by atoms with E-state index in [1.54, 1.807) is 10.2 Å². The molecule has 0 saturated heterocycles. The first kappa shape index (κ1) is 10.3. The molecule has 0 fully saturated rings. The van der Waals surface area contributed by atoms with Gasteiger partial charge in [0.1, 0.15) is 6.10 Å². The molecule has 0 aromatic heterocycles. The van der Waals surface area contributed by atoms with Crippen molar-refractivity contribution in [1.29, 1.82) is 0 Å². The summed E-state index contributed by atoms with van der Waals surface area (Å²) in [5.41, 5.74) is 0. The summed E-state index contributed by atoms with van der Waals surface area (Å²) in [7, 11) is 0. The molecule has 11 heavy (non-hydrogen) atoms. The maximum absolute atomic E-state index is 10.0. The Balaban J connectivity index is 3.91. The van der Waals surface area contributed by atoms with Crippen LogP contribution in [-0.4, -0.2) is 17.4 Å². The Morgan fingerprint density at radius 1 is 1.91 bits per heavy atom. The number of hydrogen-bond donors (Lipinski definition) is 1. The summed E-state index contributed by atoms with van der Waals surface area (Å²) in [6.07, 6.45) is 5.01. The Morgan fingerprint density at radius 2 is 2.55 bits per heavy atom. The first-order valence-electron chi connectivity index (χ1n) is 2.80. The van der Waals surface area contributed by atoms with E-state index in [1.807, 2.05) is 22.6 Å². The molecule has 0 radical (unpaired) electrons. The summed E-state index contributed by atoms with van der Waals surface area (Å²) < 4.78 is 6.08. The normalized spacial score (nSPS) is 12.4. The van der Waals surface area contributed by atoms with E-state index in [2.05, 4.69) is 10.7 Å². The largest absolute Gasteiger partial charge is 0.506 e. The molecule has 0 saturated carbocycles. The molecular formula is C7H7IO3. The molecule has 1 unspecified atom stereocenters. The van der Waals surface area contributed by atoms with E-state index in [-0.39, 0.29) is 6.42 Å². The van der Waals surface area contributed by atoms with Crippen molar-refractivity contribution in [3.63, 3.8) is 0 Å². The van der Waals surface area contributed by atoms with Gasteiger partial charge in [0.15, 0.2) is 0 Å². The van der Waals surface area contributed by atoms with Crippen LogP contribution < -0.4 is 0 Å². The molecule has 4 heteroatoms. The number of halogens is 1. The van der Waals surface area contributed by atoms with Gasteiger partial charge in [0.25, 0.3) is 0 Å². The second-order valence-corrected chi connectivity index (χ2v) is 2.37. The summed E-state index contributed by atoms with van der Waals surface area (Å²) in [4.78, 5) is 10.0. The smallest absolute Gasteiger partial charge is 0.450 e. The van der Waals surface area contributed by atoms with Gasteiger partial charge in [-0.05, 0) is 10.2 Å². The molecule has 60 valence electrons. The Kier molecular flexibility index (Phi) is 5.65. The number of ether oxygens (including phenoxy) is 1. The van der Waals surface area contributed by atoms with E-state index in [0.29, 0.717) is 0 Å². The number of carboxylic acid groups (broad SMARTS) is 1. The predicted molar refractivity (Wildman–Crippen MR) is 49.5 cm³/mol. The fraction of sp³-hybridized carbons (Fsp3) is 0.286. The van der Waals surface area contributed by atoms with E-state index in [9.17, 15) is 4.79 Å². The zero-order valence-electron chi connectivity index (χ0n) is 5.66. The van der Waals surface area contributed by atoms with Crippen molar-refractivity contribution >= 4 is 28.7 Å². The average Bonchev–Trinajstić information content (AvgIpc) is 1.87. The second-order valence-electron chi connectivity index (χ2n) is 1.65. The second kappa shape index (κ2) is 6.04. The molecule has 0 heterocycles. The van der Waals surface area contributed by atoms with Gasteiger partial charge in [-0.3, -0.25) is 0 Å². The fourth-order valence-corrected chi connectivity index (χ4v) is 0.939. The van der Waals surface area contributed by atoms with Gasteiger partial charge in [0.2, 0.25) is 0 Å². The molecule has 0 aliphatic rings. The molecule has 3 nitrogen and oxygen atoms in total. The molecule has 0 aliphatic heterocycles. The molecule has 0 aromatic rings. The van der Waals surface area contributed by atoms with Crippen LogP contribution >= 0.6 is 22.6 Å². The van der Waals surface area contributed by atoms with Crippen LogP contribution in [0.15, 0.2) is 10.2 Å². The van der Waals surface area contributed by atoms with Gasteiger partial charge < -0.3 is 9.84 Å². The van der Waals surface area contributed by atoms with Crippen LogP contribution in [0.1, 0.15) is 6.42 Å². The van der Waals surface area contributed by atoms with Crippen molar-refractivity contribution in [2.45, 2.75) is 12.5 Å². The number of terminal acetylenes is 1. The zero-order chi connectivity index (χ0) is 8.69. The molecule has 0 rings (SSSR count). The summed E-state index contributed by atoms with van der Waals surface area (Å²) in [6, 6.07) is 0. The highest BCUT2D eigenvalue weighted by atomic mass is 127. The van der Waals surface area contributed by atoms with Crippen LogP contribution in [0.3, 0.4) is 0 Å². The van der Waals surface area contributed by atoms with E-state index in [0.717, 1.165) is 0 Å². The van der Waals surface area contributed by atoms with Crippen molar-refractivity contribution in [1.82, 2.24) is 0 Å². The van der Waals surface area contributed by atoms with Crippen LogP contribution in [0.25, 0.3) is 0 Å². The predicted octanol–water partition coefficient (Wildman–Crippen LogP) is 2.02. The highest BCUT2D eigenvalue weighted by molar-refractivity contribution is 14.1. The maximum atomic E-state index is 10.0. The van der Waals surface area contributed by atoms with Gasteiger partial charge >= 0.3 is 6.16 Å². The van der Waals surface area contributed by atoms with Crippen molar-refractivity contribution in [2.24, 2.45) is 0 Å². The lowest BCUT2D eigenvalue weighted by Gasteiger charge is -2.06. The Labute approximate surface area is 78.6 Å². The number of hydrogen-bond acceptors (Lipinski definition) is 2. The lowest BCUT2D eigenvalue weighted by atomic mass is 10.2. The van der Waals surface area contributed by atoms with Gasteiger partial charge in [-0.25, -0.2) is 4.79 Å². The first-order valence-corrected chi connectivity index (χ1v) is 4.05. The Morgan fingerprint density at radius 3 is 2.91 bits per heavy atom. The topological polar surface area (TPSA) is 46.5 Å². The third-order valence-electron chi connectivity index (χ3n) is 0.859. The van der Waals surface area contributed by atoms with Gasteiger partial charge in [0, 0.05) is 6.42 Å². The number of rotatable bonds is 3. The van der Waals surface area contributed by atoms with Crippen LogP contribution in [0.2, 0.25) is 0 Å². The molecule has 0 amide bonds. The van der Waals surface area contributed by atoms with Gasteiger partial charge in [-0.15, -0.1) is 12.3 Å². The molecule has 0 aliphatic carbocycles. The minimum absolute atomic E-state index is 0.270. The van der Waals surface area contributed by atoms with Gasteiger partial charge in [0.05, 0.1) is 0 Å². The van der Waals surface area contributed by atoms with E-state index < -0.39 is 12.3 Å². The highest BCUT2D eigenvalue weighted by Gasteiger charge is 2.07. The Hall–Kier alpha value is -0.700. The molecule has 1 N–H and O–H groups in total. The zero-order valence-corrected chi connectivity index (χ0v) is 7.82. The lowest BCUT2D eigenvalue weighted by Crippen LogP contribution is -2.13. The molecule has 0 aromatic carbocycles. The first-order chi connectivity index (χ1) is 5.20. The quantitative estimate of drug-likeness (QED) is 0.483. The van der Waals surface area contributed by atoms with E-state index in [4.69, 9.17) is 11.5 Å². The summed E-state index contributed by atoms with van der Waals surface area (Å²) in [6.45, 7) is 0. The van der Waals surface area contributed by atoms with Crippen molar-refractivity contribution in [3.05, 3.63) is 10.2 Å². The fourth-order valence-electron chi connectivity index (χ4n) is 0.476. The van der Waals surface area contributed by atoms with E-state index >= 15 is 0 Å². The standard InChI is InChI=1S/C7H7IO3/c1-2-3-6(4-5-8)11-7(9)10/h1,4-6H,3H2,(H,9,10). The van der Waals surface area contributed by atoms with Crippen LogP contribution in [0.4, 0.5) is 4.79 Å². The van der Waals surface area contributed by atoms with Crippen molar-refractivity contribution in [2.75, 3.05) is 0 Å². The minimum atomic E-state index is -1.31. The summed E-state index contributed by atoms with van der Waals surface area (Å²) >= 11 is 1.97. The number of carbonyl (C=O) groups is 1. The third-order valence-corrected chi connectivity index (χ3v) is 1.27. The highest BCUT2D eigenvalue weighted by Crippen LogP contribution is 2.01. The van der Waals surface area contributed by atoms with E-state index in [1.165, 1.54) is 0 Å². The monoisotopic (exact) mass is 266 g/mol. The molecule has 0 spiro atoms. The summed E-state index contributed by atoms with van der Waals surface area (Å²) in [5, 5.41) is 8.21. The SMILES string of the molecule is C#CCC(C=CI)OC(=O)O. The molecular weight excluding hydrogens is 259 g/mol. The van der Waals surface area contributed by atoms with Gasteiger partial charge in [-0.1, -0.05) is 22.6 Å². The van der Waals surface area contributed by atoms with Crippen molar-refractivity contribution < 1.29 is 14.6 Å². The lowest BCUT2D eigenvalue weighted by molar-refractivity contribution is 0.0710. The van der Waals surface area contributed by atoms with Crippen molar-refractivity contribution in [3.8, 4) is 12.3 Å². The third kappa shape index (κ3) is 5.73. The van der Waals surface area contributed by atoms with Crippen LogP contribution in [0, 0.1) is 12.3 Å². The molecule has 1 atom stereocenters. The Bertz CT molecular complexity index is 192. The average molecular weight is 266 g/mol. The maximum Gasteiger partial charge on any atom is 0.506 e. The summed E-state index contributed by atoms with van der Waals surface area (Å²) in [5.74, 6) is 2.32. The minimum Gasteiger partial charge on any atom is -0.450 e. The van der Waals surface area contributed by atoms with Gasteiger partial charge in [-0.2, -0.15) is 0 Å².